The van der Waals surface area contributed by atoms with Crippen LogP contribution in [0.3, 0.4) is 0 Å². The van der Waals surface area contributed by atoms with Gasteiger partial charge < -0.3 is 14.8 Å². The van der Waals surface area contributed by atoms with E-state index in [-0.39, 0.29) is 11.9 Å². The first-order chi connectivity index (χ1) is 12.2. The van der Waals surface area contributed by atoms with E-state index in [4.69, 9.17) is 0 Å². The summed E-state index contributed by atoms with van der Waals surface area (Å²) in [5.41, 5.74) is 4.12. The SMILES string of the molecule is CN1CCC(NC(=O)c2ccc(-n3cccc3)cc2)c2ccccc21. The van der Waals surface area contributed by atoms with E-state index in [0.29, 0.717) is 5.56 Å². The first kappa shape index (κ1) is 15.5. The number of para-hydroxylation sites is 1. The second-order valence-corrected chi connectivity index (χ2v) is 6.43. The van der Waals surface area contributed by atoms with E-state index in [1.54, 1.807) is 0 Å². The van der Waals surface area contributed by atoms with E-state index in [1.807, 2.05) is 65.5 Å². The van der Waals surface area contributed by atoms with Crippen molar-refractivity contribution in [2.24, 2.45) is 0 Å². The highest BCUT2D eigenvalue weighted by Crippen LogP contribution is 2.32. The minimum absolute atomic E-state index is 0.0246. The summed E-state index contributed by atoms with van der Waals surface area (Å²) in [5, 5.41) is 3.19. The van der Waals surface area contributed by atoms with Gasteiger partial charge in [-0.05, 0) is 54.4 Å². The van der Waals surface area contributed by atoms with Gasteiger partial charge in [-0.15, -0.1) is 0 Å². The molecule has 1 aliphatic rings. The Morgan fingerprint density at radius 2 is 1.72 bits per heavy atom. The molecule has 1 aliphatic heterocycles. The first-order valence-electron chi connectivity index (χ1n) is 8.57. The normalized spacial score (nSPS) is 16.4. The number of aromatic nitrogens is 1. The molecule has 126 valence electrons. The Hall–Kier alpha value is -3.01. The number of fused-ring (bicyclic) bond motifs is 1. The maximum atomic E-state index is 12.7. The van der Waals surface area contributed by atoms with Crippen LogP contribution in [0.4, 0.5) is 5.69 Å². The molecule has 1 N–H and O–H groups in total. The summed E-state index contributed by atoms with van der Waals surface area (Å²) in [6, 6.07) is 20.0. The molecule has 25 heavy (non-hydrogen) atoms. The standard InChI is InChI=1S/C21H21N3O/c1-23-15-12-19(18-6-2-3-7-20(18)23)22-21(25)16-8-10-17(11-9-16)24-13-4-5-14-24/h2-11,13-14,19H,12,15H2,1H3,(H,22,25). The van der Waals surface area contributed by atoms with Crippen LogP contribution >= 0.6 is 0 Å². The molecule has 4 rings (SSSR count). The number of benzene rings is 2. The predicted molar refractivity (Wildman–Crippen MR) is 100 cm³/mol. The van der Waals surface area contributed by atoms with Crippen LogP contribution < -0.4 is 10.2 Å². The summed E-state index contributed by atoms with van der Waals surface area (Å²) < 4.78 is 2.02. The second kappa shape index (κ2) is 6.48. The zero-order valence-electron chi connectivity index (χ0n) is 14.2. The van der Waals surface area contributed by atoms with Crippen LogP contribution in [0.25, 0.3) is 5.69 Å². The number of anilines is 1. The summed E-state index contributed by atoms with van der Waals surface area (Å²) in [6.07, 6.45) is 4.90. The third-order valence-corrected chi connectivity index (χ3v) is 4.81. The van der Waals surface area contributed by atoms with Crippen molar-refractivity contribution in [2.45, 2.75) is 12.5 Å². The van der Waals surface area contributed by atoms with Gasteiger partial charge in [0.1, 0.15) is 0 Å². The highest BCUT2D eigenvalue weighted by Gasteiger charge is 2.24. The fraction of sp³-hybridized carbons (Fsp3) is 0.190. The van der Waals surface area contributed by atoms with Crippen molar-refractivity contribution in [2.75, 3.05) is 18.5 Å². The maximum Gasteiger partial charge on any atom is 0.251 e. The Bertz CT molecular complexity index is 868. The molecule has 1 unspecified atom stereocenters. The van der Waals surface area contributed by atoms with Gasteiger partial charge in [0.05, 0.1) is 6.04 Å². The average Bonchev–Trinajstić information content (AvgIpc) is 3.19. The first-order valence-corrected chi connectivity index (χ1v) is 8.57. The molecule has 3 aromatic rings. The number of carbonyl (C=O) groups is 1. The van der Waals surface area contributed by atoms with Gasteiger partial charge in [-0.25, -0.2) is 0 Å². The smallest absolute Gasteiger partial charge is 0.251 e. The molecule has 2 heterocycles. The molecule has 0 radical (unpaired) electrons. The molecule has 1 aromatic heterocycles. The lowest BCUT2D eigenvalue weighted by molar-refractivity contribution is 0.0934. The minimum atomic E-state index is -0.0246. The summed E-state index contributed by atoms with van der Waals surface area (Å²) in [5.74, 6) is -0.0246. The summed E-state index contributed by atoms with van der Waals surface area (Å²) in [6.45, 7) is 0.939. The van der Waals surface area contributed by atoms with Crippen molar-refractivity contribution in [3.63, 3.8) is 0 Å². The Kier molecular flexibility index (Phi) is 4.02. The second-order valence-electron chi connectivity index (χ2n) is 6.43. The zero-order chi connectivity index (χ0) is 17.2. The van der Waals surface area contributed by atoms with Crippen molar-refractivity contribution in [3.8, 4) is 5.69 Å². The largest absolute Gasteiger partial charge is 0.374 e. The van der Waals surface area contributed by atoms with Crippen molar-refractivity contribution >= 4 is 11.6 Å². The van der Waals surface area contributed by atoms with Crippen LogP contribution in [0.2, 0.25) is 0 Å². The molecule has 4 heteroatoms. The fourth-order valence-corrected chi connectivity index (χ4v) is 3.41. The van der Waals surface area contributed by atoms with Gasteiger partial charge in [0, 0.05) is 42.9 Å². The lowest BCUT2D eigenvalue weighted by Gasteiger charge is -2.33. The Morgan fingerprint density at radius 3 is 2.48 bits per heavy atom. The maximum absolute atomic E-state index is 12.7. The molecule has 0 spiro atoms. The number of nitrogens with one attached hydrogen (secondary N) is 1. The van der Waals surface area contributed by atoms with Crippen molar-refractivity contribution in [1.29, 1.82) is 0 Å². The number of nitrogens with zero attached hydrogens (tertiary/aromatic N) is 2. The van der Waals surface area contributed by atoms with Gasteiger partial charge in [-0.2, -0.15) is 0 Å². The number of carbonyl (C=O) groups excluding carboxylic acids is 1. The van der Waals surface area contributed by atoms with E-state index >= 15 is 0 Å². The average molecular weight is 331 g/mol. The van der Waals surface area contributed by atoms with Gasteiger partial charge in [0.25, 0.3) is 5.91 Å². The minimum Gasteiger partial charge on any atom is -0.374 e. The number of amides is 1. The van der Waals surface area contributed by atoms with Gasteiger partial charge in [-0.1, -0.05) is 18.2 Å². The van der Waals surface area contributed by atoms with Crippen LogP contribution in [0.15, 0.2) is 73.1 Å². The summed E-state index contributed by atoms with van der Waals surface area (Å²) in [4.78, 5) is 14.9. The van der Waals surface area contributed by atoms with Crippen molar-refractivity contribution in [3.05, 3.63) is 84.2 Å². The quantitative estimate of drug-likeness (QED) is 0.793. The van der Waals surface area contributed by atoms with E-state index < -0.39 is 0 Å². The molecular weight excluding hydrogens is 310 g/mol. The molecule has 1 amide bonds. The third-order valence-electron chi connectivity index (χ3n) is 4.81. The molecule has 2 aromatic carbocycles. The summed E-state index contributed by atoms with van der Waals surface area (Å²) >= 11 is 0. The zero-order valence-corrected chi connectivity index (χ0v) is 14.2. The van der Waals surface area contributed by atoms with E-state index in [9.17, 15) is 4.79 Å². The van der Waals surface area contributed by atoms with Gasteiger partial charge in [0.2, 0.25) is 0 Å². The summed E-state index contributed by atoms with van der Waals surface area (Å²) in [7, 11) is 2.09. The molecule has 4 nitrogen and oxygen atoms in total. The molecule has 0 saturated heterocycles. The van der Waals surface area contributed by atoms with Crippen LogP contribution in [0, 0.1) is 0 Å². The van der Waals surface area contributed by atoms with Crippen LogP contribution in [-0.4, -0.2) is 24.1 Å². The molecule has 0 saturated carbocycles. The highest BCUT2D eigenvalue weighted by molar-refractivity contribution is 5.94. The van der Waals surface area contributed by atoms with Crippen molar-refractivity contribution < 1.29 is 4.79 Å². The van der Waals surface area contributed by atoms with Crippen molar-refractivity contribution in [1.82, 2.24) is 9.88 Å². The van der Waals surface area contributed by atoms with Crippen LogP contribution in [0.5, 0.6) is 0 Å². The molecule has 0 aliphatic carbocycles. The van der Waals surface area contributed by atoms with Gasteiger partial charge >= 0.3 is 0 Å². The number of hydrogen-bond donors (Lipinski definition) is 1. The van der Waals surface area contributed by atoms with Gasteiger partial charge in [-0.3, -0.25) is 4.79 Å². The number of rotatable bonds is 3. The fourth-order valence-electron chi connectivity index (χ4n) is 3.41. The molecule has 0 bridgehead atoms. The molecule has 1 atom stereocenters. The van der Waals surface area contributed by atoms with E-state index in [1.165, 1.54) is 11.3 Å². The Balaban J connectivity index is 1.52. The molecular formula is C21H21N3O. The monoisotopic (exact) mass is 331 g/mol. The lowest BCUT2D eigenvalue weighted by Crippen LogP contribution is -2.36. The Labute approximate surface area is 147 Å². The third kappa shape index (κ3) is 3.03. The van der Waals surface area contributed by atoms with Crippen LogP contribution in [-0.2, 0) is 0 Å². The highest BCUT2D eigenvalue weighted by atomic mass is 16.1. The number of hydrogen-bond acceptors (Lipinski definition) is 2. The lowest BCUT2D eigenvalue weighted by atomic mass is 9.96. The van der Waals surface area contributed by atoms with E-state index in [2.05, 4.69) is 29.4 Å². The predicted octanol–water partition coefficient (Wildman–Crippen LogP) is 3.79. The Morgan fingerprint density at radius 1 is 1.00 bits per heavy atom. The topological polar surface area (TPSA) is 37.3 Å². The molecule has 0 fully saturated rings. The van der Waals surface area contributed by atoms with Gasteiger partial charge in [0.15, 0.2) is 0 Å². The van der Waals surface area contributed by atoms with Crippen LogP contribution in [0.1, 0.15) is 28.4 Å². The van der Waals surface area contributed by atoms with E-state index in [0.717, 1.165) is 18.7 Å².